The summed E-state index contributed by atoms with van der Waals surface area (Å²) in [4.78, 5) is 11.3. The van der Waals surface area contributed by atoms with Crippen LogP contribution in [-0.4, -0.2) is 30.4 Å². The van der Waals surface area contributed by atoms with Crippen LogP contribution in [0.5, 0.6) is 5.75 Å². The van der Waals surface area contributed by atoms with Crippen molar-refractivity contribution in [1.29, 1.82) is 0 Å². The van der Waals surface area contributed by atoms with Crippen molar-refractivity contribution in [3.05, 3.63) is 34.4 Å². The second-order valence-electron chi connectivity index (χ2n) is 3.51. The molecule has 5 nitrogen and oxygen atoms in total. The zero-order valence-electron chi connectivity index (χ0n) is 9.86. The average Bonchev–Trinajstić information content (AvgIpc) is 2.87. The van der Waals surface area contributed by atoms with Crippen LogP contribution in [0.25, 0.3) is 11.3 Å². The highest BCUT2D eigenvalue weighted by molar-refractivity contribution is 9.10. The van der Waals surface area contributed by atoms with Crippen molar-refractivity contribution in [2.45, 2.75) is 0 Å². The summed E-state index contributed by atoms with van der Waals surface area (Å²) in [6.07, 6.45) is 0. The third-order valence-electron chi connectivity index (χ3n) is 2.43. The first-order valence-corrected chi connectivity index (χ1v) is 5.92. The standard InChI is InChI=1S/C12H11BrN2O3/c1-17-11-4-3-7(5-8(11)13)9-6-10(15-14-9)12(16)18-2/h3-6H,1-2H3,(H,14,15). The molecule has 0 saturated heterocycles. The fourth-order valence-corrected chi connectivity index (χ4v) is 2.05. The van der Waals surface area contributed by atoms with E-state index in [1.807, 2.05) is 18.2 Å². The maximum atomic E-state index is 11.3. The van der Waals surface area contributed by atoms with E-state index in [9.17, 15) is 4.79 Å². The second kappa shape index (κ2) is 5.22. The zero-order valence-corrected chi connectivity index (χ0v) is 11.4. The van der Waals surface area contributed by atoms with Crippen LogP contribution < -0.4 is 4.74 Å². The number of aromatic amines is 1. The van der Waals surface area contributed by atoms with E-state index in [1.54, 1.807) is 13.2 Å². The van der Waals surface area contributed by atoms with Gasteiger partial charge in [0.1, 0.15) is 11.4 Å². The second-order valence-corrected chi connectivity index (χ2v) is 4.36. The SMILES string of the molecule is COC(=O)c1cc(-c2ccc(OC)c(Br)c2)n[nH]1. The highest BCUT2D eigenvalue weighted by Crippen LogP contribution is 2.29. The number of hydrogen-bond donors (Lipinski definition) is 1. The molecule has 0 amide bonds. The lowest BCUT2D eigenvalue weighted by Gasteiger charge is -2.04. The van der Waals surface area contributed by atoms with Crippen LogP contribution >= 0.6 is 15.9 Å². The van der Waals surface area contributed by atoms with Gasteiger partial charge in [0.25, 0.3) is 0 Å². The van der Waals surface area contributed by atoms with Crippen LogP contribution in [0.1, 0.15) is 10.5 Å². The van der Waals surface area contributed by atoms with Crippen LogP contribution in [-0.2, 0) is 4.74 Å². The molecule has 0 aliphatic rings. The Balaban J connectivity index is 2.34. The van der Waals surface area contributed by atoms with Gasteiger partial charge in [0.15, 0.2) is 0 Å². The quantitative estimate of drug-likeness (QED) is 0.885. The summed E-state index contributed by atoms with van der Waals surface area (Å²) in [6.45, 7) is 0. The number of nitrogens with one attached hydrogen (secondary N) is 1. The summed E-state index contributed by atoms with van der Waals surface area (Å²) in [7, 11) is 2.93. The Kier molecular flexibility index (Phi) is 3.66. The number of carbonyl (C=O) groups excluding carboxylic acids is 1. The summed E-state index contributed by atoms with van der Waals surface area (Å²) >= 11 is 3.40. The summed E-state index contributed by atoms with van der Waals surface area (Å²) in [5.74, 6) is 0.295. The number of methoxy groups -OCH3 is 2. The fraction of sp³-hybridized carbons (Fsp3) is 0.167. The molecule has 0 aliphatic heterocycles. The minimum atomic E-state index is -0.443. The average molecular weight is 311 g/mol. The molecule has 0 bridgehead atoms. The van der Waals surface area contributed by atoms with Crippen LogP contribution in [0.15, 0.2) is 28.7 Å². The van der Waals surface area contributed by atoms with Gasteiger partial charge in [0, 0.05) is 5.56 Å². The van der Waals surface area contributed by atoms with Gasteiger partial charge >= 0.3 is 5.97 Å². The maximum Gasteiger partial charge on any atom is 0.356 e. The molecule has 0 radical (unpaired) electrons. The van der Waals surface area contributed by atoms with Gasteiger partial charge in [-0.3, -0.25) is 5.10 Å². The van der Waals surface area contributed by atoms with Crippen LogP contribution in [0, 0.1) is 0 Å². The summed E-state index contributed by atoms with van der Waals surface area (Å²) in [6, 6.07) is 7.20. The molecule has 1 aromatic carbocycles. The predicted molar refractivity (Wildman–Crippen MR) is 69.6 cm³/mol. The number of ether oxygens (including phenoxy) is 2. The van der Waals surface area contributed by atoms with Crippen molar-refractivity contribution in [3.63, 3.8) is 0 Å². The third-order valence-corrected chi connectivity index (χ3v) is 3.05. The summed E-state index contributed by atoms with van der Waals surface area (Å²) in [5.41, 5.74) is 1.85. The molecule has 0 atom stereocenters. The molecular weight excluding hydrogens is 300 g/mol. The summed E-state index contributed by atoms with van der Waals surface area (Å²) < 4.78 is 10.6. The molecule has 0 aliphatic carbocycles. The lowest BCUT2D eigenvalue weighted by molar-refractivity contribution is 0.0594. The molecule has 18 heavy (non-hydrogen) atoms. The molecule has 2 aromatic rings. The van der Waals surface area contributed by atoms with Crippen molar-refractivity contribution < 1.29 is 14.3 Å². The monoisotopic (exact) mass is 310 g/mol. The van der Waals surface area contributed by atoms with Gasteiger partial charge in [0.05, 0.1) is 24.4 Å². The number of rotatable bonds is 3. The fourth-order valence-electron chi connectivity index (χ4n) is 1.51. The van der Waals surface area contributed by atoms with E-state index in [4.69, 9.17) is 4.74 Å². The smallest absolute Gasteiger partial charge is 0.356 e. The Morgan fingerprint density at radius 1 is 1.33 bits per heavy atom. The number of H-pyrrole nitrogens is 1. The number of benzene rings is 1. The highest BCUT2D eigenvalue weighted by Gasteiger charge is 2.11. The van der Waals surface area contributed by atoms with Gasteiger partial charge < -0.3 is 9.47 Å². The third kappa shape index (κ3) is 2.38. The molecule has 94 valence electrons. The molecule has 0 unspecified atom stereocenters. The molecule has 1 N–H and O–H groups in total. The lowest BCUT2D eigenvalue weighted by Crippen LogP contribution is -2.00. The first kappa shape index (κ1) is 12.6. The van der Waals surface area contributed by atoms with E-state index < -0.39 is 5.97 Å². The van der Waals surface area contributed by atoms with E-state index >= 15 is 0 Å². The largest absolute Gasteiger partial charge is 0.496 e. The number of halogens is 1. The minimum Gasteiger partial charge on any atom is -0.496 e. The van der Waals surface area contributed by atoms with E-state index in [0.717, 1.165) is 15.8 Å². The van der Waals surface area contributed by atoms with Gasteiger partial charge in [-0.2, -0.15) is 5.10 Å². The van der Waals surface area contributed by atoms with Crippen molar-refractivity contribution in [1.82, 2.24) is 10.2 Å². The van der Waals surface area contributed by atoms with Gasteiger partial charge in [0.2, 0.25) is 0 Å². The van der Waals surface area contributed by atoms with Gasteiger partial charge in [-0.1, -0.05) is 0 Å². The predicted octanol–water partition coefficient (Wildman–Crippen LogP) is 2.63. The molecule has 1 aromatic heterocycles. The number of hydrogen-bond acceptors (Lipinski definition) is 4. The van der Waals surface area contributed by atoms with Gasteiger partial charge in [-0.05, 0) is 40.2 Å². The molecular formula is C12H11BrN2O3. The topological polar surface area (TPSA) is 64.2 Å². The number of nitrogens with zero attached hydrogens (tertiary/aromatic N) is 1. The molecule has 0 fully saturated rings. The Labute approximate surface area is 112 Å². The number of esters is 1. The normalized spacial score (nSPS) is 10.2. The molecule has 1 heterocycles. The molecule has 2 rings (SSSR count). The van der Waals surface area contributed by atoms with Crippen LogP contribution in [0.4, 0.5) is 0 Å². The Bertz CT molecular complexity index is 580. The van der Waals surface area contributed by atoms with Crippen LogP contribution in [0.3, 0.4) is 0 Å². The molecule has 6 heteroatoms. The van der Waals surface area contributed by atoms with Crippen LogP contribution in [0.2, 0.25) is 0 Å². The first-order chi connectivity index (χ1) is 8.65. The first-order valence-electron chi connectivity index (χ1n) is 5.13. The van der Waals surface area contributed by atoms with E-state index in [0.29, 0.717) is 11.4 Å². The Morgan fingerprint density at radius 2 is 2.11 bits per heavy atom. The maximum absolute atomic E-state index is 11.3. The minimum absolute atomic E-state index is 0.319. The van der Waals surface area contributed by atoms with Crippen molar-refractivity contribution in [2.75, 3.05) is 14.2 Å². The van der Waals surface area contributed by atoms with Crippen molar-refractivity contribution in [3.8, 4) is 17.0 Å². The Hall–Kier alpha value is -1.82. The van der Waals surface area contributed by atoms with Crippen molar-refractivity contribution in [2.24, 2.45) is 0 Å². The number of aromatic nitrogens is 2. The van der Waals surface area contributed by atoms with Gasteiger partial charge in [-0.15, -0.1) is 0 Å². The molecule has 0 spiro atoms. The van der Waals surface area contributed by atoms with E-state index in [2.05, 4.69) is 30.9 Å². The lowest BCUT2D eigenvalue weighted by atomic mass is 10.1. The number of carbonyl (C=O) groups is 1. The molecule has 0 saturated carbocycles. The summed E-state index contributed by atoms with van der Waals surface area (Å²) in [5, 5.41) is 6.70. The van der Waals surface area contributed by atoms with Gasteiger partial charge in [-0.25, -0.2) is 4.79 Å². The van der Waals surface area contributed by atoms with E-state index in [1.165, 1.54) is 7.11 Å². The Morgan fingerprint density at radius 3 is 2.72 bits per heavy atom. The highest BCUT2D eigenvalue weighted by atomic mass is 79.9. The van der Waals surface area contributed by atoms with E-state index in [-0.39, 0.29) is 0 Å². The zero-order chi connectivity index (χ0) is 13.1. The van der Waals surface area contributed by atoms with Crippen molar-refractivity contribution >= 4 is 21.9 Å².